The number of hydrogen-bond donors (Lipinski definition) is 2. The molecular weight excluding hydrogens is 272 g/mol. The van der Waals surface area contributed by atoms with Crippen LogP contribution in [-0.2, 0) is 13.1 Å². The van der Waals surface area contributed by atoms with E-state index in [0.717, 1.165) is 13.0 Å². The zero-order chi connectivity index (χ0) is 14.8. The van der Waals surface area contributed by atoms with Gasteiger partial charge in [-0.15, -0.1) is 0 Å². The number of aryl methyl sites for hydroxylation is 2. The van der Waals surface area contributed by atoms with E-state index in [1.165, 1.54) is 6.07 Å². The fourth-order valence-corrected chi connectivity index (χ4v) is 2.41. The molecule has 2 aromatic heterocycles. The van der Waals surface area contributed by atoms with Crippen LogP contribution in [0.2, 0.25) is 0 Å². The minimum Gasteiger partial charge on any atom is -0.478 e. The summed E-state index contributed by atoms with van der Waals surface area (Å²) >= 11 is 0. The number of carboxylic acids is 1. The van der Waals surface area contributed by atoms with Crippen molar-refractivity contribution in [3.05, 3.63) is 53.0 Å². The number of carbonyl (C=O) groups is 1. The Labute approximate surface area is 119 Å². The predicted molar refractivity (Wildman–Crippen MR) is 76.4 cm³/mol. The van der Waals surface area contributed by atoms with Crippen LogP contribution in [0.5, 0.6) is 0 Å². The second-order valence-corrected chi connectivity index (χ2v) is 4.74. The van der Waals surface area contributed by atoms with Gasteiger partial charge in [-0.25, -0.2) is 14.6 Å². The van der Waals surface area contributed by atoms with Gasteiger partial charge in [0.2, 0.25) is 0 Å². The van der Waals surface area contributed by atoms with Crippen molar-refractivity contribution in [1.82, 2.24) is 19.1 Å². The molecule has 2 N–H and O–H groups in total. The van der Waals surface area contributed by atoms with Gasteiger partial charge in [-0.2, -0.15) is 0 Å². The van der Waals surface area contributed by atoms with Gasteiger partial charge in [0, 0.05) is 25.5 Å². The summed E-state index contributed by atoms with van der Waals surface area (Å²) in [7, 11) is 0. The fraction of sp³-hybridized carbons (Fsp3) is 0.214. The number of aromatic amines is 1. The third-order valence-electron chi connectivity index (χ3n) is 3.40. The molecule has 0 bridgehead atoms. The highest BCUT2D eigenvalue weighted by Crippen LogP contribution is 2.15. The van der Waals surface area contributed by atoms with E-state index >= 15 is 0 Å². The molecule has 0 aliphatic carbocycles. The minimum atomic E-state index is -1.05. The molecule has 3 rings (SSSR count). The lowest BCUT2D eigenvalue weighted by Crippen LogP contribution is -2.17. The maximum atomic E-state index is 12.0. The first-order valence-corrected chi connectivity index (χ1v) is 6.57. The molecule has 3 aromatic rings. The highest BCUT2D eigenvalue weighted by atomic mass is 16.4. The van der Waals surface area contributed by atoms with Gasteiger partial charge in [-0.3, -0.25) is 4.57 Å². The lowest BCUT2D eigenvalue weighted by atomic mass is 10.2. The van der Waals surface area contributed by atoms with E-state index < -0.39 is 5.97 Å². The lowest BCUT2D eigenvalue weighted by Gasteiger charge is -2.04. The molecule has 108 valence electrons. The van der Waals surface area contributed by atoms with Crippen LogP contribution in [-0.4, -0.2) is 30.2 Å². The van der Waals surface area contributed by atoms with Crippen molar-refractivity contribution in [1.29, 1.82) is 0 Å². The summed E-state index contributed by atoms with van der Waals surface area (Å²) in [6, 6.07) is 4.87. The van der Waals surface area contributed by atoms with Crippen LogP contribution < -0.4 is 5.69 Å². The molecule has 0 spiro atoms. The third-order valence-corrected chi connectivity index (χ3v) is 3.40. The molecule has 0 aliphatic heterocycles. The molecule has 0 amide bonds. The SMILES string of the molecule is O=C(O)c1cccc2c1[nH]c(=O)n2CCCn1ccnc1. The van der Waals surface area contributed by atoms with Gasteiger partial charge in [0.15, 0.2) is 0 Å². The molecule has 0 saturated heterocycles. The van der Waals surface area contributed by atoms with Crippen LogP contribution in [0.25, 0.3) is 11.0 Å². The van der Waals surface area contributed by atoms with Gasteiger partial charge in [-0.05, 0) is 18.6 Å². The number of fused-ring (bicyclic) bond motifs is 1. The van der Waals surface area contributed by atoms with Gasteiger partial charge in [0.25, 0.3) is 0 Å². The Bertz CT molecular complexity index is 830. The molecule has 0 unspecified atom stereocenters. The average molecular weight is 286 g/mol. The number of benzene rings is 1. The molecule has 0 atom stereocenters. The number of para-hydroxylation sites is 1. The van der Waals surface area contributed by atoms with E-state index in [0.29, 0.717) is 17.6 Å². The maximum absolute atomic E-state index is 12.0. The zero-order valence-corrected chi connectivity index (χ0v) is 11.2. The number of carboxylic acid groups (broad SMARTS) is 1. The van der Waals surface area contributed by atoms with Gasteiger partial charge >= 0.3 is 11.7 Å². The monoisotopic (exact) mass is 286 g/mol. The largest absolute Gasteiger partial charge is 0.478 e. The molecule has 0 saturated carbocycles. The molecule has 0 radical (unpaired) electrons. The zero-order valence-electron chi connectivity index (χ0n) is 11.2. The molecule has 0 aliphatic rings. The summed E-state index contributed by atoms with van der Waals surface area (Å²) in [5.41, 5.74) is 0.811. The molecular formula is C14H14N4O3. The Hall–Kier alpha value is -2.83. The van der Waals surface area contributed by atoms with Crippen molar-refractivity contribution >= 4 is 17.0 Å². The van der Waals surface area contributed by atoms with Crippen LogP contribution in [0, 0.1) is 0 Å². The van der Waals surface area contributed by atoms with Crippen LogP contribution in [0.1, 0.15) is 16.8 Å². The number of imidazole rings is 2. The first kappa shape index (κ1) is 13.2. The van der Waals surface area contributed by atoms with Crippen LogP contribution in [0.4, 0.5) is 0 Å². The van der Waals surface area contributed by atoms with E-state index in [9.17, 15) is 9.59 Å². The standard InChI is InChI=1S/C14H14N4O3/c19-13(20)10-3-1-4-11-12(10)16-14(21)18(11)7-2-6-17-8-5-15-9-17/h1,3-5,8-9H,2,6-7H2,(H,16,21)(H,19,20). The normalized spacial score (nSPS) is 11.0. The predicted octanol–water partition coefficient (Wildman–Crippen LogP) is 1.31. The highest BCUT2D eigenvalue weighted by molar-refractivity contribution is 6.00. The number of aromatic nitrogens is 4. The van der Waals surface area contributed by atoms with Gasteiger partial charge in [0.05, 0.1) is 22.9 Å². The number of hydrogen-bond acceptors (Lipinski definition) is 3. The molecule has 2 heterocycles. The molecule has 7 heteroatoms. The highest BCUT2D eigenvalue weighted by Gasteiger charge is 2.13. The lowest BCUT2D eigenvalue weighted by molar-refractivity contribution is 0.0699. The second kappa shape index (κ2) is 5.28. The van der Waals surface area contributed by atoms with E-state index in [1.807, 2.05) is 10.8 Å². The van der Waals surface area contributed by atoms with E-state index in [2.05, 4.69) is 9.97 Å². The van der Waals surface area contributed by atoms with E-state index in [-0.39, 0.29) is 11.3 Å². The van der Waals surface area contributed by atoms with E-state index in [1.54, 1.807) is 29.2 Å². The second-order valence-electron chi connectivity index (χ2n) is 4.74. The van der Waals surface area contributed by atoms with Crippen molar-refractivity contribution in [2.45, 2.75) is 19.5 Å². The molecule has 1 aromatic carbocycles. The number of nitrogens with one attached hydrogen (secondary N) is 1. The van der Waals surface area contributed by atoms with Gasteiger partial charge < -0.3 is 14.7 Å². The summed E-state index contributed by atoms with van der Waals surface area (Å²) in [5, 5.41) is 9.14. The Kier molecular flexibility index (Phi) is 3.31. The summed E-state index contributed by atoms with van der Waals surface area (Å²) in [5.74, 6) is -1.05. The minimum absolute atomic E-state index is 0.109. The molecule has 0 fully saturated rings. The van der Waals surface area contributed by atoms with Gasteiger partial charge in [0.1, 0.15) is 0 Å². The third kappa shape index (κ3) is 2.45. The van der Waals surface area contributed by atoms with Crippen LogP contribution >= 0.6 is 0 Å². The van der Waals surface area contributed by atoms with Crippen molar-refractivity contribution in [3.63, 3.8) is 0 Å². The summed E-state index contributed by atoms with van der Waals surface area (Å²) in [4.78, 5) is 29.8. The number of aromatic carboxylic acids is 1. The quantitative estimate of drug-likeness (QED) is 0.739. The molecule has 21 heavy (non-hydrogen) atoms. The maximum Gasteiger partial charge on any atom is 0.337 e. The Morgan fingerprint density at radius 1 is 1.33 bits per heavy atom. The number of H-pyrrole nitrogens is 1. The average Bonchev–Trinajstić information content (AvgIpc) is 3.07. The Balaban J connectivity index is 1.88. The Morgan fingerprint density at radius 2 is 2.19 bits per heavy atom. The topological polar surface area (TPSA) is 92.9 Å². The first-order chi connectivity index (χ1) is 10.2. The van der Waals surface area contributed by atoms with Gasteiger partial charge in [-0.1, -0.05) is 6.07 Å². The van der Waals surface area contributed by atoms with Crippen molar-refractivity contribution in [3.8, 4) is 0 Å². The first-order valence-electron chi connectivity index (χ1n) is 6.57. The fourth-order valence-electron chi connectivity index (χ4n) is 2.41. The summed E-state index contributed by atoms with van der Waals surface area (Å²) in [6.45, 7) is 1.26. The van der Waals surface area contributed by atoms with Crippen LogP contribution in [0.3, 0.4) is 0 Å². The number of nitrogens with zero attached hydrogens (tertiary/aromatic N) is 3. The van der Waals surface area contributed by atoms with Crippen LogP contribution in [0.15, 0.2) is 41.7 Å². The van der Waals surface area contributed by atoms with Crippen molar-refractivity contribution in [2.75, 3.05) is 0 Å². The number of rotatable bonds is 5. The molecule has 7 nitrogen and oxygen atoms in total. The van der Waals surface area contributed by atoms with Crippen molar-refractivity contribution in [2.24, 2.45) is 0 Å². The summed E-state index contributed by atoms with van der Waals surface area (Å²) < 4.78 is 3.50. The van der Waals surface area contributed by atoms with E-state index in [4.69, 9.17) is 5.11 Å². The van der Waals surface area contributed by atoms with Crippen molar-refractivity contribution < 1.29 is 9.90 Å². The Morgan fingerprint density at radius 3 is 2.90 bits per heavy atom. The summed E-state index contributed by atoms with van der Waals surface area (Å²) in [6.07, 6.45) is 6.04. The smallest absolute Gasteiger partial charge is 0.337 e.